The molecule has 6 saturated carbocycles. The van der Waals surface area contributed by atoms with Gasteiger partial charge in [-0.05, 0) is 63.2 Å². The molecule has 2 bridgehead atoms. The van der Waals surface area contributed by atoms with Crippen molar-refractivity contribution in [2.45, 2.75) is 93.2 Å². The maximum Gasteiger partial charge on any atom is 0.522 e. The zero-order valence-corrected chi connectivity index (χ0v) is 16.5. The van der Waals surface area contributed by atoms with Crippen LogP contribution in [0.1, 0.15) is 75.5 Å². The summed E-state index contributed by atoms with van der Waals surface area (Å²) in [5, 5.41) is 11.3. The monoisotopic (exact) mass is 427 g/mol. The van der Waals surface area contributed by atoms with Gasteiger partial charge in [0.15, 0.2) is 0 Å². The molecule has 0 unspecified atom stereocenters. The van der Waals surface area contributed by atoms with Crippen molar-refractivity contribution in [1.29, 1.82) is 0 Å². The third-order valence-electron chi connectivity index (χ3n) is 7.80. The summed E-state index contributed by atoms with van der Waals surface area (Å²) in [5.41, 5.74) is 0.169. The molecular formula is C20H24F3N3O4. The third-order valence-corrected chi connectivity index (χ3v) is 7.80. The summed E-state index contributed by atoms with van der Waals surface area (Å²) >= 11 is 0. The number of amides is 1. The number of alkyl halides is 3. The van der Waals surface area contributed by atoms with Crippen LogP contribution >= 0.6 is 0 Å². The van der Waals surface area contributed by atoms with Crippen LogP contribution in [-0.4, -0.2) is 46.8 Å². The van der Waals surface area contributed by atoms with E-state index in [9.17, 15) is 18.0 Å². The zero-order valence-electron chi connectivity index (χ0n) is 16.5. The molecule has 0 aliphatic heterocycles. The van der Waals surface area contributed by atoms with E-state index in [-0.39, 0.29) is 48.3 Å². The van der Waals surface area contributed by atoms with E-state index in [1.165, 1.54) is 12.8 Å². The smallest absolute Gasteiger partial charge is 0.424 e. The lowest BCUT2D eigenvalue weighted by Crippen LogP contribution is -2.77. The summed E-state index contributed by atoms with van der Waals surface area (Å²) in [5.74, 6) is 0.668. The highest BCUT2D eigenvalue weighted by Crippen LogP contribution is 2.67. The number of carbonyl (C=O) groups excluding carboxylic acids is 1. The van der Waals surface area contributed by atoms with Crippen molar-refractivity contribution in [1.82, 2.24) is 15.5 Å². The van der Waals surface area contributed by atoms with Gasteiger partial charge in [-0.15, -0.1) is 23.4 Å². The topological polar surface area (TPSA) is 86.5 Å². The number of carbonyl (C=O) groups is 1. The summed E-state index contributed by atoms with van der Waals surface area (Å²) in [4.78, 5) is 12.2. The minimum absolute atomic E-state index is 0.0727. The van der Waals surface area contributed by atoms with E-state index in [1.807, 2.05) is 0 Å². The van der Waals surface area contributed by atoms with Crippen LogP contribution in [0.25, 0.3) is 0 Å². The van der Waals surface area contributed by atoms with Gasteiger partial charge in [0, 0.05) is 11.5 Å². The highest BCUT2D eigenvalue weighted by Gasteiger charge is 2.72. The van der Waals surface area contributed by atoms with Crippen molar-refractivity contribution in [3.05, 3.63) is 11.8 Å². The number of nitrogens with zero attached hydrogens (tertiary/aromatic N) is 2. The standard InChI is InChI=1S/C20H24F3N3O4/c21-20(22,23)30-12-3-11(4-12)15-25-26-16(29-15)18-8-19(9-18,10-18)24-14(27)7-28-13-5-17(6-13)1-2-17/h11-13H,1-10H2,(H,24,27)/t11-,12+,18?,19?. The van der Waals surface area contributed by atoms with Crippen molar-refractivity contribution in [2.75, 3.05) is 6.61 Å². The quantitative estimate of drug-likeness (QED) is 0.720. The number of aromatic nitrogens is 2. The minimum atomic E-state index is -4.61. The summed E-state index contributed by atoms with van der Waals surface area (Å²) in [6.07, 6.45) is 2.33. The van der Waals surface area contributed by atoms with E-state index in [2.05, 4.69) is 20.3 Å². The summed E-state index contributed by atoms with van der Waals surface area (Å²) < 4.78 is 52.2. The molecule has 0 atom stereocenters. The van der Waals surface area contributed by atoms with Crippen molar-refractivity contribution in [2.24, 2.45) is 5.41 Å². The Morgan fingerprint density at radius 2 is 1.83 bits per heavy atom. The summed E-state index contributed by atoms with van der Waals surface area (Å²) in [7, 11) is 0. The maximum absolute atomic E-state index is 12.2. The first-order chi connectivity index (χ1) is 14.2. The molecular weight excluding hydrogens is 403 g/mol. The fraction of sp³-hybridized carbons (Fsp3) is 0.850. The predicted octanol–water partition coefficient (Wildman–Crippen LogP) is 3.10. The van der Waals surface area contributed by atoms with Crippen molar-refractivity contribution < 1.29 is 31.9 Å². The number of nitrogens with one attached hydrogen (secondary N) is 1. The molecule has 1 aromatic rings. The molecule has 6 aliphatic rings. The van der Waals surface area contributed by atoms with Crippen LogP contribution < -0.4 is 5.32 Å². The molecule has 7 rings (SSSR count). The van der Waals surface area contributed by atoms with E-state index in [0.29, 0.717) is 17.2 Å². The molecule has 7 nitrogen and oxygen atoms in total. The summed E-state index contributed by atoms with van der Waals surface area (Å²) in [6.45, 7) is 0.114. The molecule has 6 fully saturated rings. The highest BCUT2D eigenvalue weighted by atomic mass is 19.4. The highest BCUT2D eigenvalue weighted by molar-refractivity contribution is 5.79. The van der Waals surface area contributed by atoms with Crippen LogP contribution in [0.4, 0.5) is 13.2 Å². The maximum atomic E-state index is 12.2. The first-order valence-electron chi connectivity index (χ1n) is 10.7. The van der Waals surface area contributed by atoms with Gasteiger partial charge in [0.2, 0.25) is 17.7 Å². The number of hydrogen-bond donors (Lipinski definition) is 1. The molecule has 164 valence electrons. The zero-order chi connectivity index (χ0) is 20.8. The van der Waals surface area contributed by atoms with Crippen LogP contribution in [0.2, 0.25) is 0 Å². The fourth-order valence-corrected chi connectivity index (χ4v) is 5.95. The van der Waals surface area contributed by atoms with E-state index < -0.39 is 12.5 Å². The average Bonchev–Trinajstić information content (AvgIpc) is 3.19. The first kappa shape index (κ1) is 19.0. The van der Waals surface area contributed by atoms with Crippen LogP contribution in [-0.2, 0) is 19.7 Å². The predicted molar refractivity (Wildman–Crippen MR) is 94.2 cm³/mol. The number of rotatable bonds is 7. The largest absolute Gasteiger partial charge is 0.522 e. The van der Waals surface area contributed by atoms with Gasteiger partial charge >= 0.3 is 6.36 Å². The second-order valence-corrected chi connectivity index (χ2v) is 10.3. The van der Waals surface area contributed by atoms with Crippen molar-refractivity contribution in [3.8, 4) is 0 Å². The number of hydrogen-bond acceptors (Lipinski definition) is 6. The lowest BCUT2D eigenvalue weighted by Gasteiger charge is -2.68. The SMILES string of the molecule is O=C(COC1CC2(CC2)C1)NC12CC(c3nnc([C@H]4C[C@@H](OC(F)(F)F)C4)o3)(C1)C2. The van der Waals surface area contributed by atoms with Crippen LogP contribution in [0, 0.1) is 5.41 Å². The van der Waals surface area contributed by atoms with Crippen LogP contribution in [0.15, 0.2) is 4.42 Å². The van der Waals surface area contributed by atoms with Crippen molar-refractivity contribution >= 4 is 5.91 Å². The van der Waals surface area contributed by atoms with Gasteiger partial charge < -0.3 is 14.5 Å². The Bertz CT molecular complexity index is 847. The van der Waals surface area contributed by atoms with E-state index in [1.54, 1.807) is 0 Å². The fourth-order valence-electron chi connectivity index (χ4n) is 5.95. The number of ether oxygens (including phenoxy) is 2. The van der Waals surface area contributed by atoms with Crippen molar-refractivity contribution in [3.63, 3.8) is 0 Å². The van der Waals surface area contributed by atoms with Gasteiger partial charge in [-0.2, -0.15) is 0 Å². The third kappa shape index (κ3) is 3.14. The Morgan fingerprint density at radius 3 is 2.47 bits per heavy atom. The Morgan fingerprint density at radius 1 is 1.13 bits per heavy atom. The average molecular weight is 427 g/mol. The minimum Gasteiger partial charge on any atom is -0.424 e. The van der Waals surface area contributed by atoms with E-state index in [0.717, 1.165) is 32.1 Å². The van der Waals surface area contributed by atoms with Crippen LogP contribution in [0.5, 0.6) is 0 Å². The second-order valence-electron chi connectivity index (χ2n) is 10.3. The first-order valence-corrected chi connectivity index (χ1v) is 10.7. The molecule has 30 heavy (non-hydrogen) atoms. The molecule has 1 heterocycles. The number of halogens is 3. The molecule has 1 N–H and O–H groups in total. The Kier molecular flexibility index (Phi) is 3.79. The van der Waals surface area contributed by atoms with Gasteiger partial charge in [0.05, 0.1) is 17.6 Å². The molecule has 0 saturated heterocycles. The van der Waals surface area contributed by atoms with Gasteiger partial charge in [-0.25, -0.2) is 0 Å². The summed E-state index contributed by atoms with van der Waals surface area (Å²) in [6, 6.07) is 0. The van der Waals surface area contributed by atoms with E-state index >= 15 is 0 Å². The molecule has 6 aliphatic carbocycles. The molecule has 0 radical (unpaired) electrons. The Labute approximate surface area is 171 Å². The van der Waals surface area contributed by atoms with E-state index in [4.69, 9.17) is 9.15 Å². The van der Waals surface area contributed by atoms with Gasteiger partial charge in [0.25, 0.3) is 0 Å². The molecule has 1 amide bonds. The lowest BCUT2D eigenvalue weighted by molar-refractivity contribution is -0.352. The molecule has 1 aromatic heterocycles. The lowest BCUT2D eigenvalue weighted by atomic mass is 9.39. The van der Waals surface area contributed by atoms with Gasteiger partial charge in [0.1, 0.15) is 6.61 Å². The molecule has 1 spiro atoms. The van der Waals surface area contributed by atoms with Gasteiger partial charge in [-0.1, -0.05) is 0 Å². The normalized spacial score (nSPS) is 38.2. The molecule has 0 aromatic carbocycles. The Hall–Kier alpha value is -1.68. The second kappa shape index (κ2) is 5.97. The van der Waals surface area contributed by atoms with Crippen LogP contribution in [0.3, 0.4) is 0 Å². The Balaban J connectivity index is 0.952. The molecule has 10 heteroatoms. The van der Waals surface area contributed by atoms with Gasteiger partial charge in [-0.3, -0.25) is 9.53 Å².